The molecular weight excluding hydrogens is 212 g/mol. The molecule has 1 saturated carbocycles. The summed E-state index contributed by atoms with van der Waals surface area (Å²) < 4.78 is 0. The predicted molar refractivity (Wildman–Crippen MR) is 67.3 cm³/mol. The van der Waals surface area contributed by atoms with E-state index < -0.39 is 0 Å². The molecule has 0 radical (unpaired) electrons. The molecule has 0 bridgehead atoms. The Hall–Kier alpha value is -1.77. The van der Waals surface area contributed by atoms with Gasteiger partial charge < -0.3 is 11.1 Å². The van der Waals surface area contributed by atoms with Gasteiger partial charge in [-0.2, -0.15) is 0 Å². The molecule has 1 unspecified atom stereocenters. The number of hydrogen-bond donors (Lipinski definition) is 2. The van der Waals surface area contributed by atoms with E-state index in [0.29, 0.717) is 0 Å². The van der Waals surface area contributed by atoms with Gasteiger partial charge in [0.05, 0.1) is 5.41 Å². The summed E-state index contributed by atoms with van der Waals surface area (Å²) in [5.74, 6) is 0.108. The molecule has 2 aliphatic rings. The minimum absolute atomic E-state index is 0.108. The van der Waals surface area contributed by atoms with Crippen LogP contribution in [0.4, 0.5) is 5.69 Å². The van der Waals surface area contributed by atoms with E-state index in [2.05, 4.69) is 5.32 Å². The van der Waals surface area contributed by atoms with Crippen LogP contribution in [-0.4, -0.2) is 5.91 Å². The molecule has 3 nitrogen and oxygen atoms in total. The third kappa shape index (κ3) is 1.54. The van der Waals surface area contributed by atoms with Crippen LogP contribution in [0, 0.1) is 12.3 Å². The van der Waals surface area contributed by atoms with Crippen molar-refractivity contribution in [2.75, 3.05) is 5.32 Å². The van der Waals surface area contributed by atoms with E-state index in [9.17, 15) is 4.79 Å². The molecule has 1 amide bonds. The molecule has 88 valence electrons. The number of allylic oxidation sites excluding steroid dienone is 1. The highest BCUT2D eigenvalue weighted by atomic mass is 16.2. The molecule has 0 spiro atoms. The highest BCUT2D eigenvalue weighted by molar-refractivity contribution is 6.01. The SMILES string of the molecule is Cc1ccc(NC(=O)C23CCC(N)=C2C3)cc1. The largest absolute Gasteiger partial charge is 0.402 e. The van der Waals surface area contributed by atoms with Gasteiger partial charge in [-0.1, -0.05) is 17.7 Å². The summed E-state index contributed by atoms with van der Waals surface area (Å²) in [4.78, 5) is 12.2. The summed E-state index contributed by atoms with van der Waals surface area (Å²) >= 11 is 0. The number of aryl methyl sites for hydroxylation is 1. The minimum atomic E-state index is -0.255. The van der Waals surface area contributed by atoms with Gasteiger partial charge in [-0.25, -0.2) is 0 Å². The second-order valence-electron chi connectivity index (χ2n) is 5.08. The Morgan fingerprint density at radius 1 is 1.35 bits per heavy atom. The molecule has 1 aromatic carbocycles. The van der Waals surface area contributed by atoms with Crippen molar-refractivity contribution in [2.24, 2.45) is 11.1 Å². The molecule has 17 heavy (non-hydrogen) atoms. The number of benzene rings is 1. The van der Waals surface area contributed by atoms with Gasteiger partial charge in [0.15, 0.2) is 0 Å². The fourth-order valence-corrected chi connectivity index (χ4v) is 2.64. The van der Waals surface area contributed by atoms with E-state index >= 15 is 0 Å². The number of fused-ring (bicyclic) bond motifs is 1. The van der Waals surface area contributed by atoms with Crippen molar-refractivity contribution in [3.63, 3.8) is 0 Å². The third-order valence-electron chi connectivity index (χ3n) is 3.88. The second-order valence-corrected chi connectivity index (χ2v) is 5.08. The molecule has 0 aromatic heterocycles. The number of nitrogens with one attached hydrogen (secondary N) is 1. The predicted octanol–water partition coefficient (Wildman–Crippen LogP) is 2.33. The molecule has 3 heteroatoms. The van der Waals surface area contributed by atoms with Crippen LogP contribution in [0.2, 0.25) is 0 Å². The van der Waals surface area contributed by atoms with Crippen molar-refractivity contribution in [3.8, 4) is 0 Å². The first kappa shape index (κ1) is 10.4. The lowest BCUT2D eigenvalue weighted by atomic mass is 10.0. The van der Waals surface area contributed by atoms with Crippen LogP contribution in [0.15, 0.2) is 35.5 Å². The number of rotatable bonds is 2. The van der Waals surface area contributed by atoms with Gasteiger partial charge in [-0.05, 0) is 43.9 Å². The Kier molecular flexibility index (Phi) is 2.05. The van der Waals surface area contributed by atoms with E-state index in [1.807, 2.05) is 31.2 Å². The van der Waals surface area contributed by atoms with Crippen molar-refractivity contribution in [3.05, 3.63) is 41.1 Å². The van der Waals surface area contributed by atoms with E-state index in [1.54, 1.807) is 0 Å². The molecule has 1 aromatic rings. The van der Waals surface area contributed by atoms with E-state index in [1.165, 1.54) is 11.1 Å². The summed E-state index contributed by atoms with van der Waals surface area (Å²) in [6.45, 7) is 2.03. The zero-order valence-electron chi connectivity index (χ0n) is 9.92. The number of hydrogen-bond acceptors (Lipinski definition) is 2. The minimum Gasteiger partial charge on any atom is -0.402 e. The number of carbonyl (C=O) groups is 1. The molecule has 2 aliphatic carbocycles. The average molecular weight is 228 g/mol. The van der Waals surface area contributed by atoms with Crippen molar-refractivity contribution in [1.29, 1.82) is 0 Å². The van der Waals surface area contributed by atoms with Gasteiger partial charge in [0, 0.05) is 11.4 Å². The fourth-order valence-electron chi connectivity index (χ4n) is 2.64. The Labute approximate surface area is 101 Å². The number of carbonyl (C=O) groups excluding carboxylic acids is 1. The average Bonchev–Trinajstić information content (AvgIpc) is 2.98. The van der Waals surface area contributed by atoms with Gasteiger partial charge in [-0.3, -0.25) is 4.79 Å². The molecular formula is C14H16N2O. The Bertz CT molecular complexity index is 516. The highest BCUT2D eigenvalue weighted by Gasteiger charge is 2.59. The van der Waals surface area contributed by atoms with Crippen molar-refractivity contribution < 1.29 is 4.79 Å². The lowest BCUT2D eigenvalue weighted by Crippen LogP contribution is -2.23. The maximum atomic E-state index is 12.2. The number of amides is 1. The van der Waals surface area contributed by atoms with Gasteiger partial charge in [0.1, 0.15) is 0 Å². The summed E-state index contributed by atoms with van der Waals surface area (Å²) in [7, 11) is 0. The first-order chi connectivity index (χ1) is 8.12. The topological polar surface area (TPSA) is 55.1 Å². The Morgan fingerprint density at radius 2 is 2.06 bits per heavy atom. The molecule has 3 rings (SSSR count). The standard InChI is InChI=1S/C14H16N2O/c1-9-2-4-10(5-3-9)16-13(17)14-7-6-12(15)11(14)8-14/h2-5H,6-8,15H2,1H3,(H,16,17). The fraction of sp³-hybridized carbons (Fsp3) is 0.357. The zero-order chi connectivity index (χ0) is 12.0. The first-order valence-corrected chi connectivity index (χ1v) is 5.98. The maximum absolute atomic E-state index is 12.2. The highest BCUT2D eigenvalue weighted by Crippen LogP contribution is 2.61. The van der Waals surface area contributed by atoms with Crippen molar-refractivity contribution in [1.82, 2.24) is 0 Å². The van der Waals surface area contributed by atoms with Gasteiger partial charge in [-0.15, -0.1) is 0 Å². The van der Waals surface area contributed by atoms with E-state index in [0.717, 1.165) is 30.6 Å². The van der Waals surface area contributed by atoms with E-state index in [-0.39, 0.29) is 11.3 Å². The number of nitrogens with two attached hydrogens (primary N) is 1. The molecule has 3 N–H and O–H groups in total. The maximum Gasteiger partial charge on any atom is 0.235 e. The summed E-state index contributed by atoms with van der Waals surface area (Å²) in [6, 6.07) is 7.88. The van der Waals surface area contributed by atoms with Gasteiger partial charge in [0.25, 0.3) is 0 Å². The van der Waals surface area contributed by atoms with Crippen LogP contribution in [0.3, 0.4) is 0 Å². The summed E-state index contributed by atoms with van der Waals surface area (Å²) in [6.07, 6.45) is 2.61. The van der Waals surface area contributed by atoms with Crippen LogP contribution >= 0.6 is 0 Å². The summed E-state index contributed by atoms with van der Waals surface area (Å²) in [5.41, 5.74) is 9.76. The molecule has 1 atom stereocenters. The first-order valence-electron chi connectivity index (χ1n) is 5.98. The normalized spacial score (nSPS) is 25.7. The van der Waals surface area contributed by atoms with Gasteiger partial charge in [0.2, 0.25) is 5.91 Å². The Balaban J connectivity index is 1.76. The molecule has 0 saturated heterocycles. The zero-order valence-corrected chi connectivity index (χ0v) is 9.92. The van der Waals surface area contributed by atoms with Crippen molar-refractivity contribution in [2.45, 2.75) is 26.2 Å². The monoisotopic (exact) mass is 228 g/mol. The molecule has 1 fully saturated rings. The Morgan fingerprint density at radius 3 is 2.59 bits per heavy atom. The smallest absolute Gasteiger partial charge is 0.235 e. The van der Waals surface area contributed by atoms with Gasteiger partial charge >= 0.3 is 0 Å². The molecule has 0 heterocycles. The quantitative estimate of drug-likeness (QED) is 0.816. The van der Waals surface area contributed by atoms with Crippen LogP contribution < -0.4 is 11.1 Å². The lowest BCUT2D eigenvalue weighted by molar-refractivity contribution is -0.120. The second kappa shape index (κ2) is 3.36. The number of anilines is 1. The summed E-state index contributed by atoms with van der Waals surface area (Å²) in [5, 5.41) is 2.99. The van der Waals surface area contributed by atoms with E-state index in [4.69, 9.17) is 5.73 Å². The lowest BCUT2D eigenvalue weighted by Gasteiger charge is -2.11. The van der Waals surface area contributed by atoms with Crippen LogP contribution in [0.25, 0.3) is 0 Å². The third-order valence-corrected chi connectivity index (χ3v) is 3.88. The van der Waals surface area contributed by atoms with Crippen LogP contribution in [-0.2, 0) is 4.79 Å². The van der Waals surface area contributed by atoms with Crippen molar-refractivity contribution >= 4 is 11.6 Å². The molecule has 0 aliphatic heterocycles. The van der Waals surface area contributed by atoms with Crippen LogP contribution in [0.1, 0.15) is 24.8 Å². The van der Waals surface area contributed by atoms with Crippen LogP contribution in [0.5, 0.6) is 0 Å².